The molecule has 0 spiro atoms. The molecule has 180 valence electrons. The van der Waals surface area contributed by atoms with Crippen LogP contribution in [-0.4, -0.2) is 58.5 Å². The number of methoxy groups -OCH3 is 1. The normalized spacial score (nSPS) is 14.5. The fourth-order valence-electron chi connectivity index (χ4n) is 4.55. The Bertz CT molecular complexity index is 921. The zero-order valence-corrected chi connectivity index (χ0v) is 20.8. The predicted molar refractivity (Wildman–Crippen MR) is 131 cm³/mol. The van der Waals surface area contributed by atoms with E-state index in [9.17, 15) is 9.59 Å². The molecule has 0 bridgehead atoms. The van der Waals surface area contributed by atoms with Crippen molar-refractivity contribution in [3.8, 4) is 0 Å². The van der Waals surface area contributed by atoms with Crippen LogP contribution in [0.25, 0.3) is 0 Å². The molecule has 0 N–H and O–H groups in total. The molecule has 33 heavy (non-hydrogen) atoms. The van der Waals surface area contributed by atoms with Crippen molar-refractivity contribution in [3.63, 3.8) is 0 Å². The summed E-state index contributed by atoms with van der Waals surface area (Å²) in [7, 11) is 1.50. The number of rotatable bonds is 10. The van der Waals surface area contributed by atoms with Crippen molar-refractivity contribution in [2.45, 2.75) is 71.1 Å². The molecule has 0 unspecified atom stereocenters. The molecule has 2 aromatic rings. The molecule has 3 rings (SSSR count). The minimum Gasteiger partial charge on any atom is -0.375 e. The molecule has 1 saturated carbocycles. The van der Waals surface area contributed by atoms with Gasteiger partial charge in [-0.2, -0.15) is 0 Å². The smallest absolute Gasteiger partial charge is 0.249 e. The number of halogens is 1. The van der Waals surface area contributed by atoms with Gasteiger partial charge in [0.05, 0.1) is 6.54 Å². The third kappa shape index (κ3) is 6.84. The highest BCUT2D eigenvalue weighted by Crippen LogP contribution is 2.25. The van der Waals surface area contributed by atoms with Gasteiger partial charge in [0.25, 0.3) is 0 Å². The molecule has 0 saturated heterocycles. The second kappa shape index (κ2) is 12.2. The van der Waals surface area contributed by atoms with Crippen LogP contribution >= 0.6 is 11.6 Å². The number of hydrogen-bond acceptors (Lipinski definition) is 3. The third-order valence-corrected chi connectivity index (χ3v) is 6.78. The van der Waals surface area contributed by atoms with Gasteiger partial charge in [0, 0.05) is 42.7 Å². The average molecular weight is 474 g/mol. The molecular formula is C26H36ClN3O3. The minimum atomic E-state index is -0.161. The lowest BCUT2D eigenvalue weighted by Crippen LogP contribution is -2.50. The van der Waals surface area contributed by atoms with Gasteiger partial charge in [-0.05, 0) is 50.5 Å². The average Bonchev–Trinajstić information content (AvgIpc) is 3.24. The molecule has 1 heterocycles. The Morgan fingerprint density at radius 1 is 1.09 bits per heavy atom. The Hall–Kier alpha value is -2.31. The largest absolute Gasteiger partial charge is 0.375 e. The van der Waals surface area contributed by atoms with E-state index in [0.717, 1.165) is 42.0 Å². The second-order valence-corrected chi connectivity index (χ2v) is 9.49. The number of amides is 2. The maximum absolute atomic E-state index is 13.6. The number of carbonyl (C=O) groups excluding carboxylic acids is 2. The van der Waals surface area contributed by atoms with Crippen molar-refractivity contribution >= 4 is 23.4 Å². The van der Waals surface area contributed by atoms with Crippen molar-refractivity contribution in [1.82, 2.24) is 14.4 Å². The SMILES string of the molecule is COCC(=O)N(CC(=O)N(Cc1cccn1Cc1ccccc1Cl)C1CCCCC1)C(C)C. The number of benzene rings is 1. The lowest BCUT2D eigenvalue weighted by atomic mass is 9.94. The molecule has 0 aliphatic heterocycles. The van der Waals surface area contributed by atoms with E-state index in [1.165, 1.54) is 13.5 Å². The summed E-state index contributed by atoms with van der Waals surface area (Å²) in [6.07, 6.45) is 7.52. The van der Waals surface area contributed by atoms with Crippen molar-refractivity contribution in [1.29, 1.82) is 0 Å². The Morgan fingerprint density at radius 2 is 1.82 bits per heavy atom. The highest BCUT2D eigenvalue weighted by Gasteiger charge is 2.29. The Labute approximate surface area is 202 Å². The molecule has 7 heteroatoms. The van der Waals surface area contributed by atoms with E-state index in [1.54, 1.807) is 4.90 Å². The monoisotopic (exact) mass is 473 g/mol. The minimum absolute atomic E-state index is 0.00875. The summed E-state index contributed by atoms with van der Waals surface area (Å²) < 4.78 is 7.18. The lowest BCUT2D eigenvalue weighted by molar-refractivity contribution is -0.146. The van der Waals surface area contributed by atoms with E-state index in [2.05, 4.69) is 10.6 Å². The van der Waals surface area contributed by atoms with Crippen LogP contribution in [0.5, 0.6) is 0 Å². The molecule has 1 fully saturated rings. The maximum Gasteiger partial charge on any atom is 0.249 e. The van der Waals surface area contributed by atoms with Crippen molar-refractivity contribution in [3.05, 3.63) is 58.9 Å². The van der Waals surface area contributed by atoms with Crippen LogP contribution in [0.15, 0.2) is 42.6 Å². The number of carbonyl (C=O) groups is 2. The molecule has 1 aliphatic carbocycles. The Morgan fingerprint density at radius 3 is 2.48 bits per heavy atom. The predicted octanol–water partition coefficient (Wildman–Crippen LogP) is 4.73. The first-order chi connectivity index (χ1) is 15.9. The zero-order chi connectivity index (χ0) is 23.8. The van der Waals surface area contributed by atoms with E-state index in [1.807, 2.05) is 55.3 Å². The summed E-state index contributed by atoms with van der Waals surface area (Å²) in [5.74, 6) is -0.169. The van der Waals surface area contributed by atoms with Crippen LogP contribution in [0.1, 0.15) is 57.2 Å². The number of hydrogen-bond donors (Lipinski definition) is 0. The maximum atomic E-state index is 13.6. The highest BCUT2D eigenvalue weighted by molar-refractivity contribution is 6.31. The summed E-state index contributed by atoms with van der Waals surface area (Å²) in [6.45, 7) is 5.09. The van der Waals surface area contributed by atoms with Crippen molar-refractivity contribution in [2.24, 2.45) is 0 Å². The lowest BCUT2D eigenvalue weighted by Gasteiger charge is -2.37. The molecule has 6 nitrogen and oxygen atoms in total. The fourth-order valence-corrected chi connectivity index (χ4v) is 4.74. The van der Waals surface area contributed by atoms with Gasteiger partial charge >= 0.3 is 0 Å². The van der Waals surface area contributed by atoms with Gasteiger partial charge < -0.3 is 19.1 Å². The first-order valence-electron chi connectivity index (χ1n) is 11.9. The summed E-state index contributed by atoms with van der Waals surface area (Å²) in [4.78, 5) is 29.7. The van der Waals surface area contributed by atoms with Crippen LogP contribution in [0.3, 0.4) is 0 Å². The van der Waals surface area contributed by atoms with Gasteiger partial charge in [0.15, 0.2) is 0 Å². The molecule has 2 amide bonds. The van der Waals surface area contributed by atoms with E-state index in [4.69, 9.17) is 16.3 Å². The summed E-state index contributed by atoms with van der Waals surface area (Å²) in [5.41, 5.74) is 2.11. The fraction of sp³-hybridized carbons (Fsp3) is 0.538. The van der Waals surface area contributed by atoms with Gasteiger partial charge in [-0.25, -0.2) is 0 Å². The van der Waals surface area contributed by atoms with Crippen molar-refractivity contribution < 1.29 is 14.3 Å². The summed E-state index contributed by atoms with van der Waals surface area (Å²) in [6, 6.07) is 12.0. The van der Waals surface area contributed by atoms with Crippen LogP contribution < -0.4 is 0 Å². The molecule has 1 aromatic carbocycles. The Balaban J connectivity index is 1.80. The van der Waals surface area contributed by atoms with Crippen LogP contribution in [0, 0.1) is 0 Å². The molecule has 0 atom stereocenters. The van der Waals surface area contributed by atoms with Crippen LogP contribution in [0.2, 0.25) is 5.02 Å². The van der Waals surface area contributed by atoms with E-state index < -0.39 is 0 Å². The van der Waals surface area contributed by atoms with Crippen molar-refractivity contribution in [2.75, 3.05) is 20.3 Å². The molecule has 1 aliphatic rings. The van der Waals surface area contributed by atoms with E-state index in [-0.39, 0.29) is 37.0 Å². The first-order valence-corrected chi connectivity index (χ1v) is 12.2. The number of ether oxygens (including phenoxy) is 1. The number of nitrogens with zero attached hydrogens (tertiary/aromatic N) is 3. The third-order valence-electron chi connectivity index (χ3n) is 6.41. The van der Waals surface area contributed by atoms with Gasteiger partial charge in [-0.1, -0.05) is 49.1 Å². The van der Waals surface area contributed by atoms with Crippen LogP contribution in [-0.2, 0) is 27.4 Å². The standard InChI is InChI=1S/C26H36ClN3O3/c1-20(2)29(26(32)19-33-3)18-25(31)30(22-11-5-4-6-12-22)17-23-13-9-15-28(23)16-21-10-7-8-14-24(21)27/h7-10,13-15,20,22H,4-6,11-12,16-19H2,1-3H3. The van der Waals surface area contributed by atoms with E-state index in [0.29, 0.717) is 13.1 Å². The quantitative estimate of drug-likeness (QED) is 0.501. The zero-order valence-electron chi connectivity index (χ0n) is 20.0. The highest BCUT2D eigenvalue weighted by atomic mass is 35.5. The van der Waals surface area contributed by atoms with Gasteiger partial charge in [0.2, 0.25) is 11.8 Å². The first kappa shape index (κ1) is 25.3. The number of aromatic nitrogens is 1. The molecule has 1 aromatic heterocycles. The Kier molecular flexibility index (Phi) is 9.39. The van der Waals surface area contributed by atoms with Gasteiger partial charge in [-0.15, -0.1) is 0 Å². The van der Waals surface area contributed by atoms with E-state index >= 15 is 0 Å². The molecular weight excluding hydrogens is 438 g/mol. The summed E-state index contributed by atoms with van der Waals surface area (Å²) >= 11 is 6.39. The van der Waals surface area contributed by atoms with Gasteiger partial charge in [-0.3, -0.25) is 9.59 Å². The summed E-state index contributed by atoms with van der Waals surface area (Å²) in [5, 5.41) is 0.738. The van der Waals surface area contributed by atoms with Gasteiger partial charge in [0.1, 0.15) is 13.2 Å². The second-order valence-electron chi connectivity index (χ2n) is 9.08. The molecule has 0 radical (unpaired) electrons. The topological polar surface area (TPSA) is 54.8 Å². The van der Waals surface area contributed by atoms with Crippen LogP contribution in [0.4, 0.5) is 0 Å².